The van der Waals surface area contributed by atoms with Gasteiger partial charge in [-0.05, 0) is 43.0 Å². The van der Waals surface area contributed by atoms with Gasteiger partial charge in [0, 0.05) is 19.6 Å². The molecule has 1 amide bonds. The molecule has 0 atom stereocenters. The standard InChI is InChI=1S/C26H29N3O4S/c1-33-25(32)20-11-12-21-22(17-20)27-26(34-18-23(30)28-14-7-2-3-8-15-28)29(24(21)31)16-13-19-9-5-4-6-10-19/h4-6,9-12,17H,2-3,7-8,13-16,18H2,1H3. The van der Waals surface area contributed by atoms with Gasteiger partial charge in [-0.2, -0.15) is 0 Å². The minimum atomic E-state index is -0.484. The lowest BCUT2D eigenvalue weighted by Crippen LogP contribution is -2.33. The van der Waals surface area contributed by atoms with Gasteiger partial charge in [0.15, 0.2) is 5.16 Å². The van der Waals surface area contributed by atoms with Gasteiger partial charge in [-0.15, -0.1) is 0 Å². The van der Waals surface area contributed by atoms with E-state index in [2.05, 4.69) is 0 Å². The summed E-state index contributed by atoms with van der Waals surface area (Å²) in [4.78, 5) is 44.9. The Balaban J connectivity index is 1.64. The van der Waals surface area contributed by atoms with E-state index in [0.29, 0.717) is 34.6 Å². The van der Waals surface area contributed by atoms with E-state index >= 15 is 0 Å². The van der Waals surface area contributed by atoms with E-state index in [4.69, 9.17) is 9.72 Å². The zero-order valence-electron chi connectivity index (χ0n) is 19.4. The van der Waals surface area contributed by atoms with E-state index in [1.54, 1.807) is 22.8 Å². The maximum absolute atomic E-state index is 13.4. The molecule has 0 N–H and O–H groups in total. The molecule has 0 radical (unpaired) electrons. The molecule has 8 heteroatoms. The number of ether oxygens (including phenoxy) is 1. The normalized spacial score (nSPS) is 14.1. The van der Waals surface area contributed by atoms with Crippen molar-refractivity contribution in [1.29, 1.82) is 0 Å². The van der Waals surface area contributed by atoms with E-state index in [9.17, 15) is 14.4 Å². The van der Waals surface area contributed by atoms with Gasteiger partial charge in [-0.1, -0.05) is 54.9 Å². The Morgan fingerprint density at radius 3 is 2.47 bits per heavy atom. The Bertz CT molecular complexity index is 1220. The Hall–Kier alpha value is -3.13. The molecule has 0 saturated carbocycles. The van der Waals surface area contributed by atoms with E-state index in [0.717, 1.165) is 44.3 Å². The van der Waals surface area contributed by atoms with E-state index in [1.807, 2.05) is 35.2 Å². The monoisotopic (exact) mass is 479 g/mol. The number of carbonyl (C=O) groups excluding carboxylic acids is 2. The second-order valence-corrected chi connectivity index (χ2v) is 9.34. The summed E-state index contributed by atoms with van der Waals surface area (Å²) in [6.07, 6.45) is 5.04. The quantitative estimate of drug-likeness (QED) is 0.290. The van der Waals surface area contributed by atoms with E-state index in [-0.39, 0.29) is 17.2 Å². The third-order valence-electron chi connectivity index (χ3n) is 6.09. The molecule has 0 spiro atoms. The molecule has 34 heavy (non-hydrogen) atoms. The number of carbonyl (C=O) groups is 2. The van der Waals surface area contributed by atoms with Gasteiger partial charge < -0.3 is 9.64 Å². The Morgan fingerprint density at radius 1 is 1.03 bits per heavy atom. The number of thioether (sulfide) groups is 1. The number of likely N-dealkylation sites (tertiary alicyclic amines) is 1. The van der Waals surface area contributed by atoms with Crippen LogP contribution < -0.4 is 5.56 Å². The largest absolute Gasteiger partial charge is 0.465 e. The second kappa shape index (κ2) is 11.3. The predicted molar refractivity (Wildman–Crippen MR) is 133 cm³/mol. The van der Waals surface area contributed by atoms with Gasteiger partial charge in [0.05, 0.1) is 29.3 Å². The molecule has 2 aromatic carbocycles. The summed E-state index contributed by atoms with van der Waals surface area (Å²) in [5.74, 6) is -0.193. The van der Waals surface area contributed by atoms with Crippen LogP contribution in [0.3, 0.4) is 0 Å². The molecule has 7 nitrogen and oxygen atoms in total. The van der Waals surface area contributed by atoms with Crippen molar-refractivity contribution in [3.05, 3.63) is 70.0 Å². The first-order chi connectivity index (χ1) is 16.6. The molecule has 3 aromatic rings. The van der Waals surface area contributed by atoms with Crippen LogP contribution in [0, 0.1) is 0 Å². The highest BCUT2D eigenvalue weighted by Gasteiger charge is 2.19. The van der Waals surface area contributed by atoms with Crippen molar-refractivity contribution in [3.8, 4) is 0 Å². The fraction of sp³-hybridized carbons (Fsp3) is 0.385. The molecule has 1 fully saturated rings. The van der Waals surface area contributed by atoms with Crippen LogP contribution in [0.1, 0.15) is 41.6 Å². The number of rotatable bonds is 7. The Morgan fingerprint density at radius 2 is 1.76 bits per heavy atom. The van der Waals surface area contributed by atoms with Crippen LogP contribution in [0.5, 0.6) is 0 Å². The molecule has 178 valence electrons. The number of nitrogens with zero attached hydrogens (tertiary/aromatic N) is 3. The minimum absolute atomic E-state index is 0.0687. The third-order valence-corrected chi connectivity index (χ3v) is 7.05. The smallest absolute Gasteiger partial charge is 0.337 e. The molecule has 1 aromatic heterocycles. The lowest BCUT2D eigenvalue weighted by molar-refractivity contribution is -0.128. The molecule has 1 aliphatic heterocycles. The summed E-state index contributed by atoms with van der Waals surface area (Å²) < 4.78 is 6.45. The van der Waals surface area contributed by atoms with Crippen molar-refractivity contribution >= 4 is 34.5 Å². The number of aromatic nitrogens is 2. The number of esters is 1. The van der Waals surface area contributed by atoms with Crippen LogP contribution in [-0.2, 0) is 22.5 Å². The lowest BCUT2D eigenvalue weighted by atomic mass is 10.1. The zero-order chi connectivity index (χ0) is 23.9. The Labute approximate surface area is 203 Å². The molecule has 0 unspecified atom stereocenters. The summed E-state index contributed by atoms with van der Waals surface area (Å²) in [6.45, 7) is 2.02. The topological polar surface area (TPSA) is 81.5 Å². The molecule has 0 aliphatic carbocycles. The van der Waals surface area contributed by atoms with Crippen molar-refractivity contribution in [2.45, 2.75) is 43.8 Å². The maximum atomic E-state index is 13.4. The number of benzene rings is 2. The number of aryl methyl sites for hydroxylation is 1. The average molecular weight is 480 g/mol. The van der Waals surface area contributed by atoms with Crippen molar-refractivity contribution in [2.75, 3.05) is 26.0 Å². The van der Waals surface area contributed by atoms with Gasteiger partial charge in [0.2, 0.25) is 5.91 Å². The summed E-state index contributed by atoms with van der Waals surface area (Å²) in [6, 6.07) is 14.7. The highest BCUT2D eigenvalue weighted by Crippen LogP contribution is 2.21. The number of hydrogen-bond donors (Lipinski definition) is 0. The molecular formula is C26H29N3O4S. The number of methoxy groups -OCH3 is 1. The summed E-state index contributed by atoms with van der Waals surface area (Å²) in [7, 11) is 1.32. The predicted octanol–water partition coefficient (Wildman–Crippen LogP) is 3.92. The zero-order valence-corrected chi connectivity index (χ0v) is 20.2. The van der Waals surface area contributed by atoms with Gasteiger partial charge in [0.1, 0.15) is 0 Å². The van der Waals surface area contributed by atoms with E-state index < -0.39 is 5.97 Å². The fourth-order valence-electron chi connectivity index (χ4n) is 4.18. The van der Waals surface area contributed by atoms with Crippen LogP contribution in [-0.4, -0.2) is 52.3 Å². The van der Waals surface area contributed by atoms with Crippen molar-refractivity contribution < 1.29 is 14.3 Å². The first-order valence-corrected chi connectivity index (χ1v) is 12.6. The molecular weight excluding hydrogens is 450 g/mol. The first-order valence-electron chi connectivity index (χ1n) is 11.6. The fourth-order valence-corrected chi connectivity index (χ4v) is 5.10. The van der Waals surface area contributed by atoms with Gasteiger partial charge in [-0.3, -0.25) is 14.2 Å². The number of amides is 1. The lowest BCUT2D eigenvalue weighted by Gasteiger charge is -2.20. The van der Waals surface area contributed by atoms with E-state index in [1.165, 1.54) is 18.9 Å². The summed E-state index contributed by atoms with van der Waals surface area (Å²) in [5.41, 5.74) is 1.70. The van der Waals surface area contributed by atoms with Crippen molar-refractivity contribution in [3.63, 3.8) is 0 Å². The van der Waals surface area contributed by atoms with Crippen molar-refractivity contribution in [1.82, 2.24) is 14.5 Å². The number of hydrogen-bond acceptors (Lipinski definition) is 6. The van der Waals surface area contributed by atoms with Crippen LogP contribution in [0.4, 0.5) is 0 Å². The van der Waals surface area contributed by atoms with Crippen LogP contribution in [0.2, 0.25) is 0 Å². The second-order valence-electron chi connectivity index (χ2n) is 8.39. The minimum Gasteiger partial charge on any atom is -0.465 e. The Kier molecular flexibility index (Phi) is 8.00. The average Bonchev–Trinajstić information content (AvgIpc) is 3.16. The van der Waals surface area contributed by atoms with Gasteiger partial charge >= 0.3 is 5.97 Å². The van der Waals surface area contributed by atoms with Gasteiger partial charge in [0.25, 0.3) is 5.56 Å². The molecule has 1 saturated heterocycles. The SMILES string of the molecule is COC(=O)c1ccc2c(=O)n(CCc3ccccc3)c(SCC(=O)N3CCCCCC3)nc2c1. The summed E-state index contributed by atoms with van der Waals surface area (Å²) in [5, 5.41) is 0.919. The number of fused-ring (bicyclic) bond motifs is 1. The third kappa shape index (κ3) is 5.67. The van der Waals surface area contributed by atoms with Crippen LogP contribution in [0.15, 0.2) is 58.5 Å². The van der Waals surface area contributed by atoms with Gasteiger partial charge in [-0.25, -0.2) is 9.78 Å². The molecule has 0 bridgehead atoms. The summed E-state index contributed by atoms with van der Waals surface area (Å²) >= 11 is 1.28. The molecule has 1 aliphatic rings. The highest BCUT2D eigenvalue weighted by molar-refractivity contribution is 7.99. The van der Waals surface area contributed by atoms with Crippen molar-refractivity contribution in [2.24, 2.45) is 0 Å². The highest BCUT2D eigenvalue weighted by atomic mass is 32.2. The molecule has 4 rings (SSSR count). The maximum Gasteiger partial charge on any atom is 0.337 e. The van der Waals surface area contributed by atoms with Crippen LogP contribution in [0.25, 0.3) is 10.9 Å². The molecule has 2 heterocycles. The van der Waals surface area contributed by atoms with Crippen LogP contribution >= 0.6 is 11.8 Å². The first kappa shape index (κ1) is 24.0.